The monoisotopic (exact) mass is 322 g/mol. The van der Waals surface area contributed by atoms with Crippen molar-refractivity contribution in [2.75, 3.05) is 20.3 Å². The molecule has 0 bridgehead atoms. The topological polar surface area (TPSA) is 73.9 Å². The van der Waals surface area contributed by atoms with Gasteiger partial charge in [0.25, 0.3) is 0 Å². The highest BCUT2D eigenvalue weighted by Gasteiger charge is 2.15. The molecule has 0 radical (unpaired) electrons. The molecule has 5 nitrogen and oxygen atoms in total. The number of carbonyl (C=O) groups excluding carboxylic acids is 1. The van der Waals surface area contributed by atoms with Gasteiger partial charge in [0.05, 0.1) is 19.8 Å². The maximum Gasteiger partial charge on any atom is 0.159 e. The third kappa shape index (κ3) is 4.74. The summed E-state index contributed by atoms with van der Waals surface area (Å²) in [5.74, 6) is 1.41. The number of nitrogens with zero attached hydrogens (tertiary/aromatic N) is 1. The summed E-state index contributed by atoms with van der Waals surface area (Å²) in [4.78, 5) is 15.8. The number of rotatable bonds is 6. The Morgan fingerprint density at radius 3 is 3.00 bits per heavy atom. The van der Waals surface area contributed by atoms with Crippen LogP contribution < -0.4 is 10.5 Å². The number of ketones is 1. The second-order valence-electron chi connectivity index (χ2n) is 5.19. The van der Waals surface area contributed by atoms with Gasteiger partial charge in [0.1, 0.15) is 5.75 Å². The Labute approximate surface area is 135 Å². The Balaban J connectivity index is 1.95. The van der Waals surface area contributed by atoms with E-state index in [1.165, 1.54) is 11.8 Å². The minimum absolute atomic E-state index is 0.0360. The lowest BCUT2D eigenvalue weighted by Gasteiger charge is -2.10. The number of hydrogen-bond acceptors (Lipinski definition) is 5. The Kier molecular flexibility index (Phi) is 6.27. The number of methoxy groups -OCH3 is 1. The van der Waals surface area contributed by atoms with Crippen LogP contribution in [0.2, 0.25) is 0 Å². The maximum absolute atomic E-state index is 11.5. The molecule has 1 saturated heterocycles. The summed E-state index contributed by atoms with van der Waals surface area (Å²) < 4.78 is 10.8. The van der Waals surface area contributed by atoms with Gasteiger partial charge in [0.15, 0.2) is 11.0 Å². The fourth-order valence-corrected chi connectivity index (χ4v) is 2.98. The molecule has 1 aliphatic heterocycles. The first-order valence-corrected chi connectivity index (χ1v) is 8.31. The zero-order valence-corrected chi connectivity index (χ0v) is 13.8. The summed E-state index contributed by atoms with van der Waals surface area (Å²) in [5.41, 5.74) is 7.55. The number of hydrogen-bond donors (Lipinski definition) is 1. The molecule has 0 aliphatic carbocycles. The van der Waals surface area contributed by atoms with Crippen molar-refractivity contribution in [2.24, 2.45) is 10.7 Å². The second-order valence-corrected chi connectivity index (χ2v) is 6.18. The Morgan fingerprint density at radius 1 is 1.55 bits per heavy atom. The Morgan fingerprint density at radius 2 is 2.36 bits per heavy atom. The molecule has 1 heterocycles. The number of carbonyl (C=O) groups is 1. The molecule has 22 heavy (non-hydrogen) atoms. The quantitative estimate of drug-likeness (QED) is 0.495. The van der Waals surface area contributed by atoms with E-state index >= 15 is 0 Å². The van der Waals surface area contributed by atoms with Gasteiger partial charge in [-0.1, -0.05) is 11.8 Å². The van der Waals surface area contributed by atoms with Crippen LogP contribution in [0.25, 0.3) is 0 Å². The molecule has 1 aromatic carbocycles. The molecule has 0 saturated carbocycles. The van der Waals surface area contributed by atoms with Crippen LogP contribution in [0.4, 0.5) is 0 Å². The zero-order valence-electron chi connectivity index (χ0n) is 13.0. The minimum atomic E-state index is 0.0360. The highest BCUT2D eigenvalue weighted by molar-refractivity contribution is 8.13. The fourth-order valence-electron chi connectivity index (χ4n) is 2.29. The van der Waals surface area contributed by atoms with E-state index in [-0.39, 0.29) is 11.9 Å². The molecule has 0 unspecified atom stereocenters. The highest BCUT2D eigenvalue weighted by atomic mass is 32.2. The number of ether oxygens (including phenoxy) is 2. The second kappa shape index (κ2) is 8.19. The van der Waals surface area contributed by atoms with Crippen LogP contribution in [0.3, 0.4) is 0 Å². The van der Waals surface area contributed by atoms with Gasteiger partial charge in [0.2, 0.25) is 0 Å². The first-order chi connectivity index (χ1) is 10.6. The van der Waals surface area contributed by atoms with Gasteiger partial charge in [-0.3, -0.25) is 9.79 Å². The number of aliphatic imine (C=N–C) groups is 1. The molecular formula is C16H22N2O3S. The van der Waals surface area contributed by atoms with Crippen LogP contribution in [-0.2, 0) is 10.5 Å². The molecule has 0 amide bonds. The Bertz CT molecular complexity index is 554. The van der Waals surface area contributed by atoms with Gasteiger partial charge < -0.3 is 15.2 Å². The van der Waals surface area contributed by atoms with E-state index in [9.17, 15) is 4.79 Å². The molecular weight excluding hydrogens is 300 g/mol. The van der Waals surface area contributed by atoms with Crippen molar-refractivity contribution in [3.8, 4) is 5.75 Å². The SMILES string of the molecule is COc1ccc(C(C)=O)cc1CSC(N)=NC[C@@H]1CCCO1. The van der Waals surface area contributed by atoms with Crippen molar-refractivity contribution in [3.05, 3.63) is 29.3 Å². The minimum Gasteiger partial charge on any atom is -0.496 e. The number of Topliss-reactive ketones (excluding diaryl/α,β-unsaturated/α-hetero) is 1. The van der Waals surface area contributed by atoms with Gasteiger partial charge in [-0.05, 0) is 38.0 Å². The van der Waals surface area contributed by atoms with E-state index in [0.29, 0.717) is 23.0 Å². The predicted molar refractivity (Wildman–Crippen MR) is 89.8 cm³/mol. The van der Waals surface area contributed by atoms with E-state index in [1.807, 2.05) is 12.1 Å². The summed E-state index contributed by atoms with van der Waals surface area (Å²) in [7, 11) is 1.62. The first kappa shape index (κ1) is 16.8. The average Bonchev–Trinajstić information content (AvgIpc) is 3.03. The number of amidine groups is 1. The average molecular weight is 322 g/mol. The van der Waals surface area contributed by atoms with Crippen molar-refractivity contribution in [1.82, 2.24) is 0 Å². The third-order valence-electron chi connectivity index (χ3n) is 3.54. The van der Waals surface area contributed by atoms with Crippen LogP contribution in [0.1, 0.15) is 35.7 Å². The molecule has 120 valence electrons. The molecule has 0 spiro atoms. The van der Waals surface area contributed by atoms with E-state index in [1.54, 1.807) is 20.1 Å². The van der Waals surface area contributed by atoms with Crippen LogP contribution in [0.15, 0.2) is 23.2 Å². The molecule has 1 aliphatic rings. The van der Waals surface area contributed by atoms with Gasteiger partial charge >= 0.3 is 0 Å². The lowest BCUT2D eigenvalue weighted by atomic mass is 10.1. The summed E-state index contributed by atoms with van der Waals surface area (Å²) in [6.07, 6.45) is 2.35. The number of thioether (sulfide) groups is 1. The molecule has 2 N–H and O–H groups in total. The van der Waals surface area contributed by atoms with Gasteiger partial charge in [-0.2, -0.15) is 0 Å². The predicted octanol–water partition coefficient (Wildman–Crippen LogP) is 2.62. The van der Waals surface area contributed by atoms with E-state index < -0.39 is 0 Å². The number of nitrogens with two attached hydrogens (primary N) is 1. The normalized spacial score (nSPS) is 18.5. The van der Waals surface area contributed by atoms with Crippen molar-refractivity contribution in [1.29, 1.82) is 0 Å². The summed E-state index contributed by atoms with van der Waals surface area (Å²) >= 11 is 1.44. The third-order valence-corrected chi connectivity index (χ3v) is 4.42. The van der Waals surface area contributed by atoms with E-state index in [0.717, 1.165) is 30.8 Å². The van der Waals surface area contributed by atoms with Crippen LogP contribution in [0, 0.1) is 0 Å². The van der Waals surface area contributed by atoms with E-state index in [4.69, 9.17) is 15.2 Å². The molecule has 2 rings (SSSR count). The lowest BCUT2D eigenvalue weighted by molar-refractivity contribution is 0.101. The van der Waals surface area contributed by atoms with Crippen LogP contribution in [0.5, 0.6) is 5.75 Å². The largest absolute Gasteiger partial charge is 0.496 e. The van der Waals surface area contributed by atoms with Crippen molar-refractivity contribution >= 4 is 22.7 Å². The molecule has 1 atom stereocenters. The van der Waals surface area contributed by atoms with Gasteiger partial charge in [-0.25, -0.2) is 0 Å². The van der Waals surface area contributed by atoms with Gasteiger partial charge in [0, 0.05) is 23.5 Å². The highest BCUT2D eigenvalue weighted by Crippen LogP contribution is 2.25. The fraction of sp³-hybridized carbons (Fsp3) is 0.500. The summed E-state index contributed by atoms with van der Waals surface area (Å²) in [5, 5.41) is 0.533. The van der Waals surface area contributed by atoms with Crippen LogP contribution in [-0.4, -0.2) is 37.3 Å². The van der Waals surface area contributed by atoms with Crippen molar-refractivity contribution < 1.29 is 14.3 Å². The Hall–Kier alpha value is -1.53. The lowest BCUT2D eigenvalue weighted by Crippen LogP contribution is -2.14. The molecule has 0 aromatic heterocycles. The van der Waals surface area contributed by atoms with Crippen LogP contribution >= 0.6 is 11.8 Å². The summed E-state index contributed by atoms with van der Waals surface area (Å²) in [6.45, 7) is 2.99. The van der Waals surface area contributed by atoms with Crippen molar-refractivity contribution in [3.63, 3.8) is 0 Å². The smallest absolute Gasteiger partial charge is 0.159 e. The number of benzene rings is 1. The van der Waals surface area contributed by atoms with Crippen molar-refractivity contribution in [2.45, 2.75) is 31.6 Å². The van der Waals surface area contributed by atoms with Gasteiger partial charge in [-0.15, -0.1) is 0 Å². The molecule has 6 heteroatoms. The molecule has 1 aromatic rings. The maximum atomic E-state index is 11.5. The first-order valence-electron chi connectivity index (χ1n) is 7.32. The standard InChI is InChI=1S/C16H22N2O3S/c1-11(19)12-5-6-15(20-2)13(8-12)10-22-16(17)18-9-14-4-3-7-21-14/h5-6,8,14H,3-4,7,9-10H2,1-2H3,(H2,17,18)/t14-/m0/s1. The van der Waals surface area contributed by atoms with E-state index in [2.05, 4.69) is 4.99 Å². The summed E-state index contributed by atoms with van der Waals surface area (Å²) in [6, 6.07) is 5.43. The molecule has 1 fully saturated rings. The zero-order chi connectivity index (χ0) is 15.9.